The monoisotopic (exact) mass is 219 g/mol. The number of nitrogens with one attached hydrogen (secondary N) is 1. The topological polar surface area (TPSA) is 21.3 Å². The molecule has 1 aromatic carbocycles. The molecule has 16 heavy (non-hydrogen) atoms. The van der Waals surface area contributed by atoms with Gasteiger partial charge in [-0.05, 0) is 25.0 Å². The van der Waals surface area contributed by atoms with Crippen molar-refractivity contribution in [2.24, 2.45) is 0 Å². The fourth-order valence-corrected chi connectivity index (χ4v) is 1.49. The summed E-state index contributed by atoms with van der Waals surface area (Å²) in [4.78, 5) is 0. The zero-order chi connectivity index (χ0) is 11.6. The standard InChI is InChI=1S/C14H21NO/c1-3-5-10-15-11-13-8-6-7-9-14(13)12-16-4-2/h3,5-9,15H,4,10-12H2,1-2H3/b5-3+. The Morgan fingerprint density at radius 3 is 2.69 bits per heavy atom. The molecule has 2 nitrogen and oxygen atoms in total. The zero-order valence-corrected chi connectivity index (χ0v) is 10.2. The van der Waals surface area contributed by atoms with Crippen LogP contribution in [0.4, 0.5) is 0 Å². The van der Waals surface area contributed by atoms with E-state index in [9.17, 15) is 0 Å². The van der Waals surface area contributed by atoms with Crippen molar-refractivity contribution in [2.75, 3.05) is 13.2 Å². The van der Waals surface area contributed by atoms with Gasteiger partial charge in [0.05, 0.1) is 6.61 Å². The Labute approximate surface area is 98.3 Å². The summed E-state index contributed by atoms with van der Waals surface area (Å²) >= 11 is 0. The Kier molecular flexibility index (Phi) is 6.54. The van der Waals surface area contributed by atoms with Crippen LogP contribution in [0.2, 0.25) is 0 Å². The summed E-state index contributed by atoms with van der Waals surface area (Å²) in [6.07, 6.45) is 4.17. The third-order valence-electron chi connectivity index (χ3n) is 2.39. The van der Waals surface area contributed by atoms with E-state index in [2.05, 4.69) is 41.7 Å². The number of hydrogen-bond donors (Lipinski definition) is 1. The molecule has 0 aliphatic heterocycles. The molecule has 88 valence electrons. The normalized spacial score (nSPS) is 11.1. The molecule has 0 radical (unpaired) electrons. The Hall–Kier alpha value is -1.12. The highest BCUT2D eigenvalue weighted by Crippen LogP contribution is 2.09. The highest BCUT2D eigenvalue weighted by Gasteiger charge is 2.00. The molecule has 1 N–H and O–H groups in total. The van der Waals surface area contributed by atoms with Crippen molar-refractivity contribution in [3.63, 3.8) is 0 Å². The predicted molar refractivity (Wildman–Crippen MR) is 68.3 cm³/mol. The second-order valence-electron chi connectivity index (χ2n) is 3.61. The van der Waals surface area contributed by atoms with Gasteiger partial charge in [0.2, 0.25) is 0 Å². The first-order valence-corrected chi connectivity index (χ1v) is 5.84. The van der Waals surface area contributed by atoms with Crippen molar-refractivity contribution >= 4 is 0 Å². The minimum Gasteiger partial charge on any atom is -0.377 e. The molecule has 1 rings (SSSR count). The van der Waals surface area contributed by atoms with Crippen LogP contribution >= 0.6 is 0 Å². The maximum atomic E-state index is 5.45. The van der Waals surface area contributed by atoms with Gasteiger partial charge < -0.3 is 10.1 Å². The average molecular weight is 219 g/mol. The van der Waals surface area contributed by atoms with Gasteiger partial charge in [0, 0.05) is 19.7 Å². The van der Waals surface area contributed by atoms with Gasteiger partial charge in [0.15, 0.2) is 0 Å². The van der Waals surface area contributed by atoms with Crippen molar-refractivity contribution in [2.45, 2.75) is 27.0 Å². The average Bonchev–Trinajstić information content (AvgIpc) is 2.33. The van der Waals surface area contributed by atoms with Crippen LogP contribution in [0.5, 0.6) is 0 Å². The minimum atomic E-state index is 0.706. The summed E-state index contributed by atoms with van der Waals surface area (Å²) in [5.41, 5.74) is 2.60. The number of hydrogen-bond acceptors (Lipinski definition) is 2. The third kappa shape index (κ3) is 4.60. The van der Waals surface area contributed by atoms with Crippen molar-refractivity contribution < 1.29 is 4.74 Å². The van der Waals surface area contributed by atoms with Gasteiger partial charge in [0.1, 0.15) is 0 Å². The predicted octanol–water partition coefficient (Wildman–Crippen LogP) is 2.89. The van der Waals surface area contributed by atoms with E-state index in [1.54, 1.807) is 0 Å². The fourth-order valence-electron chi connectivity index (χ4n) is 1.49. The lowest BCUT2D eigenvalue weighted by Crippen LogP contribution is -2.14. The number of allylic oxidation sites excluding steroid dienone is 1. The van der Waals surface area contributed by atoms with E-state index in [0.717, 1.165) is 19.7 Å². The van der Waals surface area contributed by atoms with Crippen LogP contribution in [0.3, 0.4) is 0 Å². The maximum absolute atomic E-state index is 5.45. The van der Waals surface area contributed by atoms with E-state index in [0.29, 0.717) is 6.61 Å². The largest absolute Gasteiger partial charge is 0.377 e. The van der Waals surface area contributed by atoms with Crippen molar-refractivity contribution in [3.8, 4) is 0 Å². The lowest BCUT2D eigenvalue weighted by molar-refractivity contribution is 0.133. The van der Waals surface area contributed by atoms with Gasteiger partial charge in [-0.15, -0.1) is 0 Å². The van der Waals surface area contributed by atoms with Gasteiger partial charge in [-0.1, -0.05) is 36.4 Å². The molecule has 0 amide bonds. The summed E-state index contributed by atoms with van der Waals surface area (Å²) in [7, 11) is 0. The zero-order valence-electron chi connectivity index (χ0n) is 10.2. The third-order valence-corrected chi connectivity index (χ3v) is 2.39. The first-order valence-electron chi connectivity index (χ1n) is 5.84. The first-order chi connectivity index (χ1) is 7.88. The van der Waals surface area contributed by atoms with Crippen LogP contribution in [-0.2, 0) is 17.9 Å². The second-order valence-corrected chi connectivity index (χ2v) is 3.61. The minimum absolute atomic E-state index is 0.706. The molecule has 0 aromatic heterocycles. The summed E-state index contributed by atoms with van der Waals surface area (Å²) in [6.45, 7) is 7.34. The molecule has 0 aliphatic carbocycles. The molecular formula is C14H21NO. The smallest absolute Gasteiger partial charge is 0.0719 e. The molecule has 0 atom stereocenters. The Bertz CT molecular complexity index is 320. The number of benzene rings is 1. The lowest BCUT2D eigenvalue weighted by atomic mass is 10.1. The summed E-state index contributed by atoms with van der Waals surface area (Å²) in [5.74, 6) is 0. The highest BCUT2D eigenvalue weighted by atomic mass is 16.5. The Morgan fingerprint density at radius 2 is 2.00 bits per heavy atom. The maximum Gasteiger partial charge on any atom is 0.0719 e. The quantitative estimate of drug-likeness (QED) is 0.562. The lowest BCUT2D eigenvalue weighted by Gasteiger charge is -2.09. The van der Waals surface area contributed by atoms with Crippen molar-refractivity contribution in [1.82, 2.24) is 5.32 Å². The van der Waals surface area contributed by atoms with Gasteiger partial charge in [0.25, 0.3) is 0 Å². The van der Waals surface area contributed by atoms with E-state index in [1.165, 1.54) is 11.1 Å². The molecule has 2 heteroatoms. The van der Waals surface area contributed by atoms with Crippen LogP contribution in [-0.4, -0.2) is 13.2 Å². The van der Waals surface area contributed by atoms with Crippen LogP contribution in [0.1, 0.15) is 25.0 Å². The molecule has 0 saturated heterocycles. The van der Waals surface area contributed by atoms with Crippen LogP contribution < -0.4 is 5.32 Å². The van der Waals surface area contributed by atoms with E-state index < -0.39 is 0 Å². The Morgan fingerprint density at radius 1 is 1.25 bits per heavy atom. The van der Waals surface area contributed by atoms with Gasteiger partial charge in [-0.25, -0.2) is 0 Å². The molecule has 0 bridgehead atoms. The van der Waals surface area contributed by atoms with Crippen LogP contribution in [0.25, 0.3) is 0 Å². The first kappa shape index (κ1) is 12.9. The summed E-state index contributed by atoms with van der Waals surface area (Å²) in [6, 6.07) is 8.41. The van der Waals surface area contributed by atoms with E-state index in [-0.39, 0.29) is 0 Å². The van der Waals surface area contributed by atoms with Crippen LogP contribution in [0.15, 0.2) is 36.4 Å². The molecular weight excluding hydrogens is 198 g/mol. The molecule has 0 heterocycles. The molecule has 0 aliphatic rings. The SMILES string of the molecule is C/C=C/CNCc1ccccc1COCC. The van der Waals surface area contributed by atoms with E-state index in [1.807, 2.05) is 13.8 Å². The number of ether oxygens (including phenoxy) is 1. The van der Waals surface area contributed by atoms with Gasteiger partial charge in [-0.2, -0.15) is 0 Å². The van der Waals surface area contributed by atoms with Gasteiger partial charge >= 0.3 is 0 Å². The molecule has 0 unspecified atom stereocenters. The van der Waals surface area contributed by atoms with Gasteiger partial charge in [-0.3, -0.25) is 0 Å². The summed E-state index contributed by atoms with van der Waals surface area (Å²) in [5, 5.41) is 3.38. The van der Waals surface area contributed by atoms with E-state index >= 15 is 0 Å². The van der Waals surface area contributed by atoms with Crippen molar-refractivity contribution in [3.05, 3.63) is 47.5 Å². The molecule has 0 spiro atoms. The van der Waals surface area contributed by atoms with Crippen LogP contribution in [0, 0.1) is 0 Å². The molecule has 0 saturated carbocycles. The molecule has 0 fully saturated rings. The Balaban J connectivity index is 2.49. The number of rotatable bonds is 7. The van der Waals surface area contributed by atoms with E-state index in [4.69, 9.17) is 4.74 Å². The van der Waals surface area contributed by atoms with Crippen molar-refractivity contribution in [1.29, 1.82) is 0 Å². The molecule has 1 aromatic rings. The second kappa shape index (κ2) is 8.08. The fraction of sp³-hybridized carbons (Fsp3) is 0.429. The summed E-state index contributed by atoms with van der Waals surface area (Å²) < 4.78 is 5.45. The highest BCUT2D eigenvalue weighted by molar-refractivity contribution is 5.26.